The number of rotatable bonds is 6. The third-order valence-corrected chi connectivity index (χ3v) is 9.80. The number of H-pyrrole nitrogens is 1. The molecule has 3 aliphatic rings. The molecule has 1 unspecified atom stereocenters. The van der Waals surface area contributed by atoms with Crippen LogP contribution in [0.4, 0.5) is 10.5 Å². The van der Waals surface area contributed by atoms with Gasteiger partial charge in [0.2, 0.25) is 10.0 Å². The molecule has 4 heterocycles. The fourth-order valence-electron chi connectivity index (χ4n) is 5.55. The number of anilines is 1. The van der Waals surface area contributed by atoms with Gasteiger partial charge in [-0.25, -0.2) is 13.2 Å². The Morgan fingerprint density at radius 1 is 1.03 bits per heavy atom. The summed E-state index contributed by atoms with van der Waals surface area (Å²) >= 11 is 0. The molecule has 3 aromatic rings. The Labute approximate surface area is 223 Å². The number of sulfonamides is 1. The van der Waals surface area contributed by atoms with Crippen LogP contribution in [0.25, 0.3) is 22.2 Å². The van der Waals surface area contributed by atoms with Gasteiger partial charge in [0, 0.05) is 60.6 Å². The molecule has 3 fully saturated rings. The number of hydrogen-bond donors (Lipinski definition) is 1. The molecule has 10 heteroatoms. The maximum atomic E-state index is 13.7. The van der Waals surface area contributed by atoms with Crippen molar-refractivity contribution in [1.82, 2.24) is 14.2 Å². The zero-order chi connectivity index (χ0) is 26.3. The maximum absolute atomic E-state index is 13.7. The predicted molar refractivity (Wildman–Crippen MR) is 146 cm³/mol. The summed E-state index contributed by atoms with van der Waals surface area (Å²) in [7, 11) is -3.76. The number of benzene rings is 2. The SMILES string of the molecule is Cc1ccc2cc(-c3cc(S(=O)(=O)N4CCC4COC(=O)N4CCOCC4)ccc3N3CCCC3)[nH]c2c1. The standard InChI is InChI=1S/C28H34N4O5S/c1-20-4-5-21-17-26(29-25(21)16-20)24-18-23(6-7-27(24)30-9-2-3-10-30)38(34,35)32-11-8-22(32)19-37-28(33)31-12-14-36-15-13-31/h4-7,16-18,22,29H,2-3,8-15,19H2,1H3. The smallest absolute Gasteiger partial charge is 0.409 e. The lowest BCUT2D eigenvalue weighted by atomic mass is 10.1. The molecule has 3 aliphatic heterocycles. The number of carbonyl (C=O) groups excluding carboxylic acids is 1. The van der Waals surface area contributed by atoms with E-state index in [9.17, 15) is 13.2 Å². The van der Waals surface area contributed by atoms with Crippen molar-refractivity contribution < 1.29 is 22.7 Å². The van der Waals surface area contributed by atoms with Gasteiger partial charge in [0.25, 0.3) is 0 Å². The van der Waals surface area contributed by atoms with Crippen LogP contribution in [-0.2, 0) is 19.5 Å². The summed E-state index contributed by atoms with van der Waals surface area (Å²) in [6.07, 6.45) is 2.51. The molecule has 0 bridgehead atoms. The molecule has 202 valence electrons. The Kier molecular flexibility index (Phi) is 6.79. The summed E-state index contributed by atoms with van der Waals surface area (Å²) in [6, 6.07) is 13.5. The van der Waals surface area contributed by atoms with Crippen LogP contribution in [0.5, 0.6) is 0 Å². The fraction of sp³-hybridized carbons (Fsp3) is 0.464. The van der Waals surface area contributed by atoms with Gasteiger partial charge in [-0.05, 0) is 62.1 Å². The molecule has 3 saturated heterocycles. The highest BCUT2D eigenvalue weighted by atomic mass is 32.2. The van der Waals surface area contributed by atoms with Crippen molar-refractivity contribution in [3.05, 3.63) is 48.0 Å². The van der Waals surface area contributed by atoms with Gasteiger partial charge in [0.15, 0.2) is 0 Å². The van der Waals surface area contributed by atoms with Crippen LogP contribution in [0.1, 0.15) is 24.8 Å². The Morgan fingerprint density at radius 3 is 2.55 bits per heavy atom. The summed E-state index contributed by atoms with van der Waals surface area (Å²) in [5.41, 5.74) is 5.04. The van der Waals surface area contributed by atoms with Crippen LogP contribution in [0, 0.1) is 6.92 Å². The number of fused-ring (bicyclic) bond motifs is 1. The molecule has 6 rings (SSSR count). The quantitative estimate of drug-likeness (QED) is 0.510. The molecule has 1 amide bonds. The third kappa shape index (κ3) is 4.76. The van der Waals surface area contributed by atoms with Gasteiger partial charge >= 0.3 is 6.09 Å². The number of ether oxygens (including phenoxy) is 2. The van der Waals surface area contributed by atoms with Gasteiger partial charge in [0.1, 0.15) is 6.61 Å². The lowest BCUT2D eigenvalue weighted by molar-refractivity contribution is 0.0153. The van der Waals surface area contributed by atoms with E-state index in [-0.39, 0.29) is 17.5 Å². The monoisotopic (exact) mass is 538 g/mol. The van der Waals surface area contributed by atoms with Gasteiger partial charge in [-0.3, -0.25) is 0 Å². The van der Waals surface area contributed by atoms with Gasteiger partial charge in [-0.1, -0.05) is 12.1 Å². The Bertz CT molecular complexity index is 1440. The summed E-state index contributed by atoms with van der Waals surface area (Å²) < 4.78 is 39.7. The molecule has 38 heavy (non-hydrogen) atoms. The van der Waals surface area contributed by atoms with E-state index in [1.807, 2.05) is 6.07 Å². The highest BCUT2D eigenvalue weighted by molar-refractivity contribution is 7.89. The maximum Gasteiger partial charge on any atom is 0.409 e. The van der Waals surface area contributed by atoms with Gasteiger partial charge in [0.05, 0.1) is 24.2 Å². The van der Waals surface area contributed by atoms with Crippen LogP contribution in [0.15, 0.2) is 47.4 Å². The van der Waals surface area contributed by atoms with Crippen molar-refractivity contribution in [3.63, 3.8) is 0 Å². The first-order valence-electron chi connectivity index (χ1n) is 13.4. The molecule has 1 aromatic heterocycles. The Balaban J connectivity index is 1.26. The number of aromatic nitrogens is 1. The number of carbonyl (C=O) groups is 1. The van der Waals surface area contributed by atoms with Crippen LogP contribution in [0.2, 0.25) is 0 Å². The predicted octanol–water partition coefficient (Wildman–Crippen LogP) is 3.98. The van der Waals surface area contributed by atoms with Crippen molar-refractivity contribution in [3.8, 4) is 11.3 Å². The highest BCUT2D eigenvalue weighted by Crippen LogP contribution is 2.38. The first kappa shape index (κ1) is 25.2. The molecule has 1 atom stereocenters. The number of hydrogen-bond acceptors (Lipinski definition) is 6. The van der Waals surface area contributed by atoms with E-state index < -0.39 is 16.1 Å². The molecule has 2 aromatic carbocycles. The molecule has 0 radical (unpaired) electrons. The van der Waals surface area contributed by atoms with E-state index in [1.54, 1.807) is 17.0 Å². The zero-order valence-corrected chi connectivity index (χ0v) is 22.5. The van der Waals surface area contributed by atoms with Crippen LogP contribution >= 0.6 is 0 Å². The van der Waals surface area contributed by atoms with Crippen molar-refractivity contribution in [2.75, 3.05) is 57.4 Å². The summed E-state index contributed by atoms with van der Waals surface area (Å²) in [6.45, 7) is 6.41. The molecule has 9 nitrogen and oxygen atoms in total. The van der Waals surface area contributed by atoms with Crippen molar-refractivity contribution in [2.45, 2.75) is 37.1 Å². The number of aryl methyl sites for hydroxylation is 1. The molecule has 0 aliphatic carbocycles. The molecule has 0 spiro atoms. The number of nitrogens with one attached hydrogen (secondary N) is 1. The van der Waals surface area contributed by atoms with Gasteiger partial charge in [-0.2, -0.15) is 4.31 Å². The largest absolute Gasteiger partial charge is 0.448 e. The molecular formula is C28H34N4O5S. The molecule has 1 N–H and O–H groups in total. The summed E-state index contributed by atoms with van der Waals surface area (Å²) in [5, 5.41) is 1.09. The van der Waals surface area contributed by atoms with Gasteiger partial charge in [-0.15, -0.1) is 0 Å². The zero-order valence-electron chi connectivity index (χ0n) is 21.7. The number of morpholine rings is 1. The third-order valence-electron chi connectivity index (χ3n) is 7.85. The second-order valence-corrected chi connectivity index (χ2v) is 12.3. The average Bonchev–Trinajstić information content (AvgIpc) is 3.58. The van der Waals surface area contributed by atoms with Crippen LogP contribution in [-0.4, -0.2) is 87.3 Å². The van der Waals surface area contributed by atoms with Crippen molar-refractivity contribution in [2.24, 2.45) is 0 Å². The van der Waals surface area contributed by atoms with Crippen LogP contribution < -0.4 is 4.90 Å². The fourth-order valence-corrected chi connectivity index (χ4v) is 7.23. The van der Waals surface area contributed by atoms with E-state index in [0.717, 1.165) is 53.8 Å². The average molecular weight is 539 g/mol. The van der Waals surface area contributed by atoms with E-state index in [4.69, 9.17) is 9.47 Å². The van der Waals surface area contributed by atoms with Crippen molar-refractivity contribution in [1.29, 1.82) is 0 Å². The van der Waals surface area contributed by atoms with E-state index in [2.05, 4.69) is 41.1 Å². The summed E-state index contributed by atoms with van der Waals surface area (Å²) in [4.78, 5) is 20.1. The lowest BCUT2D eigenvalue weighted by Crippen LogP contribution is -2.54. The number of nitrogens with zero attached hydrogens (tertiary/aromatic N) is 3. The normalized spacial score (nSPS) is 20.6. The molecular weight excluding hydrogens is 504 g/mol. The Morgan fingerprint density at radius 2 is 1.82 bits per heavy atom. The van der Waals surface area contributed by atoms with E-state index in [0.29, 0.717) is 39.3 Å². The lowest BCUT2D eigenvalue weighted by Gasteiger charge is -2.39. The summed E-state index contributed by atoms with van der Waals surface area (Å²) in [5.74, 6) is 0. The Hall–Kier alpha value is -3.08. The minimum atomic E-state index is -3.76. The van der Waals surface area contributed by atoms with Crippen LogP contribution in [0.3, 0.4) is 0 Å². The topological polar surface area (TPSA) is 95.2 Å². The van der Waals surface area contributed by atoms with E-state index in [1.165, 1.54) is 9.87 Å². The number of aromatic amines is 1. The first-order valence-corrected chi connectivity index (χ1v) is 14.8. The van der Waals surface area contributed by atoms with Gasteiger partial charge < -0.3 is 24.3 Å². The van der Waals surface area contributed by atoms with Crippen molar-refractivity contribution >= 4 is 32.7 Å². The number of amides is 1. The highest BCUT2D eigenvalue weighted by Gasteiger charge is 2.40. The second-order valence-electron chi connectivity index (χ2n) is 10.4. The minimum absolute atomic E-state index is 0.0511. The van der Waals surface area contributed by atoms with E-state index >= 15 is 0 Å². The second kappa shape index (κ2) is 10.2. The minimum Gasteiger partial charge on any atom is -0.448 e. The molecule has 0 saturated carbocycles. The first-order chi connectivity index (χ1) is 18.4.